The number of hydrogen-bond acceptors (Lipinski definition) is 6. The molecule has 30 heavy (non-hydrogen) atoms. The van der Waals surface area contributed by atoms with Gasteiger partial charge in [-0.25, -0.2) is 4.79 Å². The Balaban J connectivity index is 1.58. The molecule has 3 rings (SSSR count). The van der Waals surface area contributed by atoms with Crippen molar-refractivity contribution in [3.05, 3.63) is 36.4 Å². The number of nitrogens with one attached hydrogen (secondary N) is 1. The van der Waals surface area contributed by atoms with Crippen LogP contribution in [0.1, 0.15) is 26.7 Å². The summed E-state index contributed by atoms with van der Waals surface area (Å²) in [5, 5.41) is 2.69. The molecule has 1 aromatic carbocycles. The predicted octanol–water partition coefficient (Wildman–Crippen LogP) is 1.96. The maximum Gasteiger partial charge on any atom is 0.329 e. The number of carbonyl (C=O) groups excluding carboxylic acids is 4. The number of imide groups is 1. The molecule has 0 bridgehead atoms. The minimum absolute atomic E-state index is 0.350. The Morgan fingerprint density at radius 1 is 1.03 bits per heavy atom. The van der Waals surface area contributed by atoms with Crippen LogP contribution >= 0.6 is 0 Å². The number of nitrogens with zero attached hydrogens (tertiary/aromatic N) is 2. The molecule has 0 saturated carbocycles. The summed E-state index contributed by atoms with van der Waals surface area (Å²) in [6, 6.07) is 6.13. The van der Waals surface area contributed by atoms with Gasteiger partial charge in [0.1, 0.15) is 6.04 Å². The number of ether oxygens (including phenoxy) is 1. The number of fused-ring (bicyclic) bond motifs is 1. The monoisotopic (exact) mass is 413 g/mol. The van der Waals surface area contributed by atoms with Gasteiger partial charge in [-0.1, -0.05) is 12.2 Å². The fourth-order valence-corrected chi connectivity index (χ4v) is 3.73. The van der Waals surface area contributed by atoms with Gasteiger partial charge in [0.05, 0.1) is 11.8 Å². The molecule has 1 fully saturated rings. The molecule has 4 atom stereocenters. The highest BCUT2D eigenvalue weighted by molar-refractivity contribution is 6.08. The van der Waals surface area contributed by atoms with Gasteiger partial charge in [-0.05, 0) is 51.0 Å². The molecular formula is C22H27N3O5. The van der Waals surface area contributed by atoms with E-state index in [1.807, 2.05) is 43.3 Å². The summed E-state index contributed by atoms with van der Waals surface area (Å²) < 4.78 is 5.25. The van der Waals surface area contributed by atoms with E-state index in [2.05, 4.69) is 5.32 Å². The zero-order valence-electron chi connectivity index (χ0n) is 17.6. The lowest BCUT2D eigenvalue weighted by molar-refractivity contribution is -0.163. The zero-order chi connectivity index (χ0) is 22.0. The van der Waals surface area contributed by atoms with Gasteiger partial charge >= 0.3 is 5.97 Å². The van der Waals surface area contributed by atoms with Crippen molar-refractivity contribution in [2.75, 3.05) is 24.3 Å². The first-order chi connectivity index (χ1) is 14.2. The number of hydrogen-bond donors (Lipinski definition) is 1. The standard InChI is InChI=1S/C22H27N3O5/c1-13(25-20(27)17-7-5-6-8-18(17)21(25)28)22(29)30-14(2)19(26)23-15-9-11-16(12-10-15)24(3)4/h5-6,9-14,17-18H,7-8H2,1-4H3,(H,23,26)/t13-,14-,17-,18+/m0/s1. The summed E-state index contributed by atoms with van der Waals surface area (Å²) in [6.07, 6.45) is 3.69. The quantitative estimate of drug-likeness (QED) is 0.435. The number of allylic oxidation sites excluding steroid dienone is 2. The minimum atomic E-state index is -1.08. The molecular weight excluding hydrogens is 386 g/mol. The van der Waals surface area contributed by atoms with Crippen LogP contribution in [0.25, 0.3) is 0 Å². The van der Waals surface area contributed by atoms with Gasteiger partial charge in [0.2, 0.25) is 11.8 Å². The van der Waals surface area contributed by atoms with E-state index in [1.165, 1.54) is 13.8 Å². The van der Waals surface area contributed by atoms with Crippen LogP contribution in [-0.2, 0) is 23.9 Å². The van der Waals surface area contributed by atoms with Crippen LogP contribution in [0.3, 0.4) is 0 Å². The lowest BCUT2D eigenvalue weighted by Crippen LogP contribution is -2.46. The second-order valence-corrected chi connectivity index (χ2v) is 7.89. The molecule has 1 saturated heterocycles. The van der Waals surface area contributed by atoms with Gasteiger partial charge in [0.15, 0.2) is 6.10 Å². The number of carbonyl (C=O) groups is 4. The summed E-state index contributed by atoms with van der Waals surface area (Å²) in [4.78, 5) is 53.1. The van der Waals surface area contributed by atoms with Crippen molar-refractivity contribution < 1.29 is 23.9 Å². The third-order valence-electron chi connectivity index (χ3n) is 5.58. The van der Waals surface area contributed by atoms with Crippen molar-refractivity contribution in [2.24, 2.45) is 11.8 Å². The molecule has 2 aliphatic rings. The first-order valence-corrected chi connectivity index (χ1v) is 10.0. The van der Waals surface area contributed by atoms with Crippen LogP contribution in [0.4, 0.5) is 11.4 Å². The number of anilines is 2. The summed E-state index contributed by atoms with van der Waals surface area (Å²) in [6.45, 7) is 2.90. The molecule has 1 heterocycles. The topological polar surface area (TPSA) is 96.0 Å². The third kappa shape index (κ3) is 4.22. The molecule has 0 spiro atoms. The van der Waals surface area contributed by atoms with Crippen LogP contribution in [0.5, 0.6) is 0 Å². The molecule has 1 aromatic rings. The Morgan fingerprint density at radius 3 is 2.07 bits per heavy atom. The maximum atomic E-state index is 12.6. The third-order valence-corrected chi connectivity index (χ3v) is 5.58. The molecule has 0 radical (unpaired) electrons. The zero-order valence-corrected chi connectivity index (χ0v) is 17.6. The molecule has 0 aromatic heterocycles. The second kappa shape index (κ2) is 8.69. The van der Waals surface area contributed by atoms with Gasteiger partial charge in [0, 0.05) is 25.5 Å². The number of rotatable bonds is 6. The Labute approximate surface area is 175 Å². The highest BCUT2D eigenvalue weighted by atomic mass is 16.5. The van der Waals surface area contributed by atoms with E-state index in [1.54, 1.807) is 12.1 Å². The fraction of sp³-hybridized carbons (Fsp3) is 0.455. The van der Waals surface area contributed by atoms with Crippen molar-refractivity contribution in [3.8, 4) is 0 Å². The summed E-state index contributed by atoms with van der Waals surface area (Å²) in [5.41, 5.74) is 1.56. The highest BCUT2D eigenvalue weighted by Crippen LogP contribution is 2.36. The Kier molecular flexibility index (Phi) is 6.24. The SMILES string of the molecule is C[C@H](OC(=O)[C@H](C)N1C(=O)[C@H]2CC=CC[C@H]2C1=O)C(=O)Nc1ccc(N(C)C)cc1. The lowest BCUT2D eigenvalue weighted by atomic mass is 9.85. The Hall–Kier alpha value is -3.16. The van der Waals surface area contributed by atoms with Crippen molar-refractivity contribution >= 4 is 35.1 Å². The predicted molar refractivity (Wildman–Crippen MR) is 112 cm³/mol. The smallest absolute Gasteiger partial charge is 0.329 e. The maximum absolute atomic E-state index is 12.6. The van der Waals surface area contributed by atoms with Crippen LogP contribution in [0.15, 0.2) is 36.4 Å². The fourth-order valence-electron chi connectivity index (χ4n) is 3.73. The number of benzene rings is 1. The molecule has 0 unspecified atom stereocenters. The Bertz CT molecular complexity index is 851. The largest absolute Gasteiger partial charge is 0.451 e. The van der Waals surface area contributed by atoms with Crippen LogP contribution in [0.2, 0.25) is 0 Å². The van der Waals surface area contributed by atoms with E-state index in [9.17, 15) is 19.2 Å². The van der Waals surface area contributed by atoms with E-state index in [0.29, 0.717) is 18.5 Å². The van der Waals surface area contributed by atoms with Crippen molar-refractivity contribution in [1.82, 2.24) is 4.90 Å². The summed E-state index contributed by atoms with van der Waals surface area (Å²) in [5.74, 6) is -2.81. The first kappa shape index (κ1) is 21.5. The van der Waals surface area contributed by atoms with Gasteiger partial charge in [0.25, 0.3) is 5.91 Å². The minimum Gasteiger partial charge on any atom is -0.451 e. The molecule has 3 amide bonds. The van der Waals surface area contributed by atoms with E-state index in [0.717, 1.165) is 10.6 Å². The molecule has 1 aliphatic carbocycles. The first-order valence-electron chi connectivity index (χ1n) is 10.0. The van der Waals surface area contributed by atoms with Crippen LogP contribution < -0.4 is 10.2 Å². The number of amides is 3. The van der Waals surface area contributed by atoms with Crippen molar-refractivity contribution in [2.45, 2.75) is 38.8 Å². The van der Waals surface area contributed by atoms with E-state index in [4.69, 9.17) is 4.74 Å². The molecule has 8 heteroatoms. The summed E-state index contributed by atoms with van der Waals surface area (Å²) >= 11 is 0. The molecule has 1 N–H and O–H groups in total. The molecule has 8 nitrogen and oxygen atoms in total. The van der Waals surface area contributed by atoms with E-state index >= 15 is 0 Å². The van der Waals surface area contributed by atoms with Gasteiger partial charge < -0.3 is 15.0 Å². The molecule has 1 aliphatic heterocycles. The number of esters is 1. The van der Waals surface area contributed by atoms with Gasteiger partial charge in [-0.2, -0.15) is 0 Å². The van der Waals surface area contributed by atoms with Gasteiger partial charge in [-0.3, -0.25) is 19.3 Å². The Morgan fingerprint density at radius 2 is 1.57 bits per heavy atom. The number of likely N-dealkylation sites (tertiary alicyclic amines) is 1. The normalized spacial score (nSPS) is 22.3. The van der Waals surface area contributed by atoms with E-state index in [-0.39, 0.29) is 11.8 Å². The molecule has 160 valence electrons. The highest BCUT2D eigenvalue weighted by Gasteiger charge is 2.50. The van der Waals surface area contributed by atoms with Crippen LogP contribution in [0, 0.1) is 11.8 Å². The second-order valence-electron chi connectivity index (χ2n) is 7.89. The van der Waals surface area contributed by atoms with Crippen LogP contribution in [-0.4, -0.2) is 54.8 Å². The average molecular weight is 413 g/mol. The van der Waals surface area contributed by atoms with E-state index < -0.39 is 35.9 Å². The van der Waals surface area contributed by atoms with Gasteiger partial charge in [-0.15, -0.1) is 0 Å². The average Bonchev–Trinajstić information content (AvgIpc) is 2.98. The summed E-state index contributed by atoms with van der Waals surface area (Å²) in [7, 11) is 3.83. The van der Waals surface area contributed by atoms with Crippen molar-refractivity contribution in [1.29, 1.82) is 0 Å². The lowest BCUT2D eigenvalue weighted by Gasteiger charge is -2.23. The van der Waals surface area contributed by atoms with Crippen molar-refractivity contribution in [3.63, 3.8) is 0 Å².